The fraction of sp³-hybridized carbons (Fsp3) is 0.120. The van der Waals surface area contributed by atoms with Crippen LogP contribution in [0.5, 0.6) is 0 Å². The predicted molar refractivity (Wildman–Crippen MR) is 130 cm³/mol. The van der Waals surface area contributed by atoms with Gasteiger partial charge in [-0.3, -0.25) is 14.6 Å². The van der Waals surface area contributed by atoms with Gasteiger partial charge in [0.25, 0.3) is 0 Å². The van der Waals surface area contributed by atoms with E-state index in [1.807, 2.05) is 24.3 Å². The summed E-state index contributed by atoms with van der Waals surface area (Å²) in [5, 5.41) is 10.8. The van der Waals surface area contributed by atoms with Crippen molar-refractivity contribution in [2.75, 3.05) is 6.54 Å². The molecule has 180 valence electrons. The minimum Gasteiger partial charge on any atom is -0.368 e. The van der Waals surface area contributed by atoms with E-state index < -0.39 is 23.7 Å². The molecule has 3 heterocycles. The normalized spacial score (nSPS) is 15.2. The lowest BCUT2D eigenvalue weighted by Gasteiger charge is -2.36. The van der Waals surface area contributed by atoms with Gasteiger partial charge in [0.1, 0.15) is 12.4 Å². The van der Waals surface area contributed by atoms with Gasteiger partial charge in [0.15, 0.2) is 5.82 Å². The third-order valence-electron chi connectivity index (χ3n) is 6.06. The van der Waals surface area contributed by atoms with E-state index in [9.17, 15) is 14.0 Å². The number of benzene rings is 2. The molecule has 11 heteroatoms. The van der Waals surface area contributed by atoms with Crippen molar-refractivity contribution in [2.45, 2.75) is 12.5 Å². The van der Waals surface area contributed by atoms with E-state index in [0.29, 0.717) is 17.7 Å². The van der Waals surface area contributed by atoms with E-state index in [0.717, 1.165) is 16.7 Å². The van der Waals surface area contributed by atoms with Gasteiger partial charge in [0, 0.05) is 30.6 Å². The van der Waals surface area contributed by atoms with Gasteiger partial charge in [-0.2, -0.15) is 4.68 Å². The van der Waals surface area contributed by atoms with Crippen LogP contribution in [0.2, 0.25) is 5.02 Å². The van der Waals surface area contributed by atoms with Crippen molar-refractivity contribution < 1.29 is 14.0 Å². The molecule has 0 fully saturated rings. The number of amides is 2. The van der Waals surface area contributed by atoms with Crippen LogP contribution in [0.15, 0.2) is 67.3 Å². The molecule has 0 aliphatic carbocycles. The number of tetrazole rings is 1. The van der Waals surface area contributed by atoms with Crippen molar-refractivity contribution in [3.8, 4) is 16.8 Å². The van der Waals surface area contributed by atoms with Gasteiger partial charge >= 0.3 is 0 Å². The van der Waals surface area contributed by atoms with Crippen LogP contribution in [0, 0.1) is 5.82 Å². The standard InChI is InChI=1S/C25H19ClFN7O2/c26-20-5-6-21(34-14-30-31-32-34)19(23(20)27)4-7-22(35)33-13-10-17-16(15-8-11-29-12-9-15)2-1-3-18(17)24(33)25(28)36/h1-9,11-12,14,24H,10,13H2,(H2,28,36). The van der Waals surface area contributed by atoms with Crippen LogP contribution in [-0.4, -0.2) is 48.5 Å². The summed E-state index contributed by atoms with van der Waals surface area (Å²) in [4.78, 5) is 31.3. The minimum atomic E-state index is -0.976. The number of halogens is 2. The lowest BCUT2D eigenvalue weighted by Crippen LogP contribution is -2.45. The molecule has 0 spiro atoms. The van der Waals surface area contributed by atoms with E-state index in [-0.39, 0.29) is 17.1 Å². The Labute approximate surface area is 210 Å². The lowest BCUT2D eigenvalue weighted by molar-refractivity contribution is -0.136. The summed E-state index contributed by atoms with van der Waals surface area (Å²) in [7, 11) is 0. The fourth-order valence-electron chi connectivity index (χ4n) is 4.45. The number of pyridine rings is 1. The molecule has 9 nitrogen and oxygen atoms in total. The number of nitrogens with zero attached hydrogens (tertiary/aromatic N) is 6. The average Bonchev–Trinajstić information content (AvgIpc) is 3.43. The van der Waals surface area contributed by atoms with Gasteiger partial charge in [-0.05, 0) is 69.4 Å². The monoisotopic (exact) mass is 503 g/mol. The summed E-state index contributed by atoms with van der Waals surface area (Å²) in [6.45, 7) is 0.254. The van der Waals surface area contributed by atoms with E-state index in [2.05, 4.69) is 20.5 Å². The van der Waals surface area contributed by atoms with E-state index >= 15 is 0 Å². The Bertz CT molecular complexity index is 1480. The van der Waals surface area contributed by atoms with Gasteiger partial charge < -0.3 is 10.6 Å². The Balaban J connectivity index is 1.50. The van der Waals surface area contributed by atoms with Crippen LogP contribution in [-0.2, 0) is 16.0 Å². The molecule has 1 aliphatic rings. The number of aromatic nitrogens is 5. The SMILES string of the molecule is NC(=O)C1c2cccc(-c3ccncc3)c2CCN1C(=O)C=Cc1c(-n2cnnn2)ccc(Cl)c1F. The third-order valence-corrected chi connectivity index (χ3v) is 6.36. The molecule has 2 aromatic carbocycles. The second-order valence-electron chi connectivity index (χ2n) is 8.08. The highest BCUT2D eigenvalue weighted by molar-refractivity contribution is 6.31. The Hall–Kier alpha value is -4.44. The lowest BCUT2D eigenvalue weighted by atomic mass is 9.86. The maximum Gasteiger partial charge on any atom is 0.247 e. The average molecular weight is 504 g/mol. The number of hydrogen-bond acceptors (Lipinski definition) is 6. The first-order chi connectivity index (χ1) is 17.5. The van der Waals surface area contributed by atoms with Crippen molar-refractivity contribution in [1.82, 2.24) is 30.1 Å². The van der Waals surface area contributed by atoms with E-state index in [4.69, 9.17) is 17.3 Å². The Morgan fingerprint density at radius 1 is 1.14 bits per heavy atom. The second kappa shape index (κ2) is 9.67. The highest BCUT2D eigenvalue weighted by Gasteiger charge is 2.35. The second-order valence-corrected chi connectivity index (χ2v) is 8.48. The summed E-state index contributed by atoms with van der Waals surface area (Å²) >= 11 is 5.97. The molecule has 0 radical (unpaired) electrons. The number of rotatable bonds is 5. The molecule has 2 amide bonds. The largest absolute Gasteiger partial charge is 0.368 e. The number of fused-ring (bicyclic) bond motifs is 1. The van der Waals surface area contributed by atoms with E-state index in [1.165, 1.54) is 40.2 Å². The zero-order valence-electron chi connectivity index (χ0n) is 18.8. The number of nitrogens with two attached hydrogens (primary N) is 1. The summed E-state index contributed by atoms with van der Waals surface area (Å²) in [6, 6.07) is 11.3. The Kier molecular flexibility index (Phi) is 6.26. The summed E-state index contributed by atoms with van der Waals surface area (Å²) < 4.78 is 16.1. The van der Waals surface area contributed by atoms with Gasteiger partial charge in [-0.25, -0.2) is 4.39 Å². The molecule has 0 saturated heterocycles. The van der Waals surface area contributed by atoms with Gasteiger partial charge in [-0.1, -0.05) is 29.8 Å². The number of primary amides is 1. The minimum absolute atomic E-state index is 0.0242. The zero-order valence-corrected chi connectivity index (χ0v) is 19.5. The molecule has 2 N–H and O–H groups in total. The number of carbonyl (C=O) groups is 2. The van der Waals surface area contributed by atoms with Crippen LogP contribution in [0.4, 0.5) is 4.39 Å². The van der Waals surface area contributed by atoms with Crippen LogP contribution >= 0.6 is 11.6 Å². The molecule has 4 aromatic rings. The molecule has 0 saturated carbocycles. The maximum absolute atomic E-state index is 14.9. The van der Waals surface area contributed by atoms with Crippen molar-refractivity contribution >= 4 is 29.5 Å². The maximum atomic E-state index is 14.9. The molecule has 36 heavy (non-hydrogen) atoms. The summed E-state index contributed by atoms with van der Waals surface area (Å²) in [5.41, 5.74) is 9.60. The van der Waals surface area contributed by atoms with Gasteiger partial charge in [-0.15, -0.1) is 5.10 Å². The van der Waals surface area contributed by atoms with Crippen LogP contribution in [0.3, 0.4) is 0 Å². The van der Waals surface area contributed by atoms with Crippen molar-refractivity contribution in [1.29, 1.82) is 0 Å². The molecule has 5 rings (SSSR count). The molecule has 1 unspecified atom stereocenters. The first kappa shape index (κ1) is 23.3. The number of hydrogen-bond donors (Lipinski definition) is 1. The first-order valence-electron chi connectivity index (χ1n) is 11.0. The molecule has 1 aliphatic heterocycles. The van der Waals surface area contributed by atoms with Crippen molar-refractivity contribution in [3.05, 3.63) is 94.8 Å². The van der Waals surface area contributed by atoms with Crippen LogP contribution < -0.4 is 5.73 Å². The summed E-state index contributed by atoms with van der Waals surface area (Å²) in [5.74, 6) is -1.89. The highest BCUT2D eigenvalue weighted by Crippen LogP contribution is 2.36. The first-order valence-corrected chi connectivity index (χ1v) is 11.3. The van der Waals surface area contributed by atoms with Crippen LogP contribution in [0.25, 0.3) is 22.9 Å². The quantitative estimate of drug-likeness (QED) is 0.418. The molecule has 0 bridgehead atoms. The van der Waals surface area contributed by atoms with Gasteiger partial charge in [0.05, 0.1) is 10.7 Å². The van der Waals surface area contributed by atoms with E-state index in [1.54, 1.807) is 18.5 Å². The zero-order chi connectivity index (χ0) is 25.2. The topological polar surface area (TPSA) is 120 Å². The molecule has 2 aromatic heterocycles. The molecular weight excluding hydrogens is 485 g/mol. The van der Waals surface area contributed by atoms with Crippen LogP contribution in [0.1, 0.15) is 22.7 Å². The predicted octanol–water partition coefficient (Wildman–Crippen LogP) is 3.14. The molecular formula is C25H19ClFN7O2. The number of carbonyl (C=O) groups excluding carboxylic acids is 2. The van der Waals surface area contributed by atoms with Gasteiger partial charge in [0.2, 0.25) is 11.8 Å². The highest BCUT2D eigenvalue weighted by atomic mass is 35.5. The Morgan fingerprint density at radius 3 is 2.67 bits per heavy atom. The smallest absolute Gasteiger partial charge is 0.247 e. The molecule has 1 atom stereocenters. The summed E-state index contributed by atoms with van der Waals surface area (Å²) in [6.07, 6.45) is 7.69. The fourth-order valence-corrected chi connectivity index (χ4v) is 4.62. The van der Waals surface area contributed by atoms with Crippen molar-refractivity contribution in [2.24, 2.45) is 5.73 Å². The third kappa shape index (κ3) is 4.22. The van der Waals surface area contributed by atoms with Crippen molar-refractivity contribution in [3.63, 3.8) is 0 Å². The Morgan fingerprint density at radius 2 is 1.94 bits per heavy atom.